The average molecular weight is 324 g/mol. The quantitative estimate of drug-likeness (QED) is 0.748. The maximum Gasteiger partial charge on any atom is 0.223 e. The lowest BCUT2D eigenvalue weighted by atomic mass is 10.00. The summed E-state index contributed by atoms with van der Waals surface area (Å²) in [7, 11) is -3.19. The molecule has 1 amide bonds. The van der Waals surface area contributed by atoms with Crippen LogP contribution in [0.5, 0.6) is 0 Å². The summed E-state index contributed by atoms with van der Waals surface area (Å²) in [6, 6.07) is 8.48. The normalized spacial score (nSPS) is 20.9. The smallest absolute Gasteiger partial charge is 0.223 e. The molecule has 0 heterocycles. The molecule has 22 heavy (non-hydrogen) atoms. The minimum atomic E-state index is -3.19. The summed E-state index contributed by atoms with van der Waals surface area (Å²) in [6.45, 7) is 4.87. The Kier molecular flexibility index (Phi) is 5.24. The highest BCUT2D eigenvalue weighted by molar-refractivity contribution is 7.88. The number of hydrogen-bond acceptors (Lipinski definition) is 3. The highest BCUT2D eigenvalue weighted by atomic mass is 32.2. The molecule has 2 rings (SSSR count). The van der Waals surface area contributed by atoms with Crippen LogP contribution in [0.15, 0.2) is 24.3 Å². The Bertz CT molecular complexity index is 623. The zero-order chi connectivity index (χ0) is 16.3. The molecular weight excluding hydrogens is 300 g/mol. The summed E-state index contributed by atoms with van der Waals surface area (Å²) < 4.78 is 24.2. The van der Waals surface area contributed by atoms with E-state index in [-0.39, 0.29) is 18.4 Å². The summed E-state index contributed by atoms with van der Waals surface area (Å²) in [5, 5.41) is 2.78. The van der Waals surface area contributed by atoms with Gasteiger partial charge in [0.25, 0.3) is 0 Å². The van der Waals surface area contributed by atoms with Gasteiger partial charge in [0.05, 0.1) is 6.26 Å². The molecule has 0 saturated heterocycles. The van der Waals surface area contributed by atoms with Gasteiger partial charge >= 0.3 is 0 Å². The summed E-state index contributed by atoms with van der Waals surface area (Å²) >= 11 is 0. The van der Waals surface area contributed by atoms with Gasteiger partial charge in [-0.2, -0.15) is 0 Å². The molecule has 122 valence electrons. The van der Waals surface area contributed by atoms with Crippen LogP contribution in [-0.4, -0.2) is 33.7 Å². The Labute approximate surface area is 132 Å². The Balaban J connectivity index is 1.78. The van der Waals surface area contributed by atoms with Gasteiger partial charge in [0.2, 0.25) is 15.9 Å². The fourth-order valence-electron chi connectivity index (χ4n) is 2.53. The van der Waals surface area contributed by atoms with Crippen molar-refractivity contribution in [2.45, 2.75) is 32.1 Å². The average Bonchev–Trinajstić information content (AvgIpc) is 3.23. The second kappa shape index (κ2) is 6.79. The molecule has 0 spiro atoms. The molecule has 1 saturated carbocycles. The van der Waals surface area contributed by atoms with Crippen molar-refractivity contribution in [2.75, 3.05) is 19.3 Å². The number of benzene rings is 1. The van der Waals surface area contributed by atoms with Crippen LogP contribution in [-0.2, 0) is 14.8 Å². The Morgan fingerprint density at radius 3 is 2.41 bits per heavy atom. The molecule has 0 bridgehead atoms. The van der Waals surface area contributed by atoms with Crippen LogP contribution in [0.25, 0.3) is 0 Å². The van der Waals surface area contributed by atoms with E-state index in [9.17, 15) is 13.2 Å². The summed E-state index contributed by atoms with van der Waals surface area (Å²) in [5.74, 6) is 0.829. The summed E-state index contributed by atoms with van der Waals surface area (Å²) in [6.07, 6.45) is 1.97. The fourth-order valence-corrected chi connectivity index (χ4v) is 3.01. The van der Waals surface area contributed by atoms with Crippen molar-refractivity contribution in [3.8, 4) is 0 Å². The van der Waals surface area contributed by atoms with Crippen LogP contribution in [0.2, 0.25) is 0 Å². The highest BCUT2D eigenvalue weighted by Gasteiger charge is 2.43. The maximum absolute atomic E-state index is 12.0. The molecule has 0 radical (unpaired) electrons. The topological polar surface area (TPSA) is 75.3 Å². The van der Waals surface area contributed by atoms with E-state index < -0.39 is 10.0 Å². The molecule has 5 nitrogen and oxygen atoms in total. The first-order valence-corrected chi connectivity index (χ1v) is 9.49. The number of nitrogens with one attached hydrogen (secondary N) is 2. The zero-order valence-corrected chi connectivity index (χ0v) is 14.1. The molecule has 2 atom stereocenters. The minimum absolute atomic E-state index is 0.00763. The second-order valence-electron chi connectivity index (χ2n) is 6.23. The van der Waals surface area contributed by atoms with Crippen molar-refractivity contribution in [3.05, 3.63) is 35.4 Å². The highest BCUT2D eigenvalue weighted by Crippen LogP contribution is 2.47. The molecule has 0 aromatic heterocycles. The van der Waals surface area contributed by atoms with E-state index in [1.165, 1.54) is 11.1 Å². The van der Waals surface area contributed by atoms with E-state index in [0.29, 0.717) is 18.4 Å². The first-order valence-electron chi connectivity index (χ1n) is 7.60. The lowest BCUT2D eigenvalue weighted by Crippen LogP contribution is -2.35. The number of carbonyl (C=O) groups excluding carboxylic acids is 1. The number of hydrogen-bond donors (Lipinski definition) is 2. The SMILES string of the molecule is CC(C)c1ccc([C@H]2C[C@H]2C(=O)NCCNS(C)(=O)=O)cc1. The molecule has 0 aliphatic heterocycles. The van der Waals surface area contributed by atoms with E-state index in [1.54, 1.807) is 0 Å². The van der Waals surface area contributed by atoms with Crippen molar-refractivity contribution in [2.24, 2.45) is 5.92 Å². The van der Waals surface area contributed by atoms with Crippen molar-refractivity contribution in [1.82, 2.24) is 10.0 Å². The first-order chi connectivity index (χ1) is 10.3. The van der Waals surface area contributed by atoms with Gasteiger partial charge in [-0.25, -0.2) is 13.1 Å². The Morgan fingerprint density at radius 1 is 1.23 bits per heavy atom. The monoisotopic (exact) mass is 324 g/mol. The van der Waals surface area contributed by atoms with Crippen LogP contribution in [0.3, 0.4) is 0 Å². The predicted octanol–water partition coefficient (Wildman–Crippen LogP) is 1.58. The molecule has 1 fully saturated rings. The first kappa shape index (κ1) is 17.0. The molecule has 1 aliphatic rings. The van der Waals surface area contributed by atoms with Crippen LogP contribution in [0.1, 0.15) is 43.2 Å². The summed E-state index contributed by atoms with van der Waals surface area (Å²) in [5.41, 5.74) is 2.51. The van der Waals surface area contributed by atoms with Gasteiger partial charge < -0.3 is 5.32 Å². The van der Waals surface area contributed by atoms with E-state index in [4.69, 9.17) is 0 Å². The van der Waals surface area contributed by atoms with Crippen LogP contribution in [0, 0.1) is 5.92 Å². The van der Waals surface area contributed by atoms with Gasteiger partial charge in [0, 0.05) is 19.0 Å². The lowest BCUT2D eigenvalue weighted by Gasteiger charge is -2.07. The van der Waals surface area contributed by atoms with E-state index in [0.717, 1.165) is 12.7 Å². The number of sulfonamides is 1. The van der Waals surface area contributed by atoms with Crippen molar-refractivity contribution >= 4 is 15.9 Å². The molecular formula is C16H24N2O3S. The maximum atomic E-state index is 12.0. The van der Waals surface area contributed by atoms with E-state index in [1.807, 2.05) is 0 Å². The van der Waals surface area contributed by atoms with Gasteiger partial charge in [-0.15, -0.1) is 0 Å². The minimum Gasteiger partial charge on any atom is -0.355 e. The van der Waals surface area contributed by atoms with Gasteiger partial charge in [-0.05, 0) is 29.4 Å². The second-order valence-corrected chi connectivity index (χ2v) is 8.06. The molecule has 1 aromatic rings. The van der Waals surface area contributed by atoms with Crippen molar-refractivity contribution in [1.29, 1.82) is 0 Å². The molecule has 1 aromatic carbocycles. The Morgan fingerprint density at radius 2 is 1.86 bits per heavy atom. The predicted molar refractivity (Wildman–Crippen MR) is 87.2 cm³/mol. The van der Waals surface area contributed by atoms with Crippen molar-refractivity contribution in [3.63, 3.8) is 0 Å². The Hall–Kier alpha value is -1.40. The number of rotatable bonds is 7. The standard InChI is InChI=1S/C16H24N2O3S/c1-11(2)12-4-6-13(7-5-12)14-10-15(14)16(19)17-8-9-18-22(3,20)21/h4-7,11,14-15,18H,8-10H2,1-3H3,(H,17,19)/t14-,15-/m1/s1. The third-order valence-corrected chi connectivity index (χ3v) is 4.68. The van der Waals surface area contributed by atoms with E-state index in [2.05, 4.69) is 48.2 Å². The molecule has 1 aliphatic carbocycles. The summed E-state index contributed by atoms with van der Waals surface area (Å²) in [4.78, 5) is 12.0. The molecule has 2 N–H and O–H groups in total. The van der Waals surface area contributed by atoms with Crippen LogP contribution in [0.4, 0.5) is 0 Å². The van der Waals surface area contributed by atoms with Crippen LogP contribution < -0.4 is 10.0 Å². The fraction of sp³-hybridized carbons (Fsp3) is 0.562. The third kappa shape index (κ3) is 4.81. The number of carbonyl (C=O) groups is 1. The molecule has 0 unspecified atom stereocenters. The molecule has 6 heteroatoms. The number of amides is 1. The van der Waals surface area contributed by atoms with Crippen LogP contribution >= 0.6 is 0 Å². The van der Waals surface area contributed by atoms with Gasteiger partial charge in [-0.3, -0.25) is 4.79 Å². The van der Waals surface area contributed by atoms with Crippen molar-refractivity contribution < 1.29 is 13.2 Å². The van der Waals surface area contributed by atoms with Gasteiger partial charge in [-0.1, -0.05) is 38.1 Å². The van der Waals surface area contributed by atoms with E-state index >= 15 is 0 Å². The lowest BCUT2D eigenvalue weighted by molar-refractivity contribution is -0.122. The van der Waals surface area contributed by atoms with Gasteiger partial charge in [0.15, 0.2) is 0 Å². The third-order valence-electron chi connectivity index (χ3n) is 3.95. The van der Waals surface area contributed by atoms with Gasteiger partial charge in [0.1, 0.15) is 0 Å². The largest absolute Gasteiger partial charge is 0.355 e. The zero-order valence-electron chi connectivity index (χ0n) is 13.3.